The van der Waals surface area contributed by atoms with Gasteiger partial charge in [-0.05, 0) is 18.6 Å². The van der Waals surface area contributed by atoms with Crippen molar-refractivity contribution in [1.29, 1.82) is 0 Å². The second-order valence-corrected chi connectivity index (χ2v) is 4.33. The van der Waals surface area contributed by atoms with Gasteiger partial charge in [-0.2, -0.15) is 0 Å². The number of ether oxygens (including phenoxy) is 1. The third kappa shape index (κ3) is 5.63. The largest absolute Gasteiger partial charge is 0.492 e. The second kappa shape index (κ2) is 9.70. The average molecular weight is 314 g/mol. The van der Waals surface area contributed by atoms with Gasteiger partial charge >= 0.3 is 0 Å². The van der Waals surface area contributed by atoms with E-state index in [0.717, 1.165) is 31.8 Å². The monoisotopic (exact) mass is 312 g/mol. The maximum absolute atomic E-state index is 5.99. The van der Waals surface area contributed by atoms with E-state index in [9.17, 15) is 0 Å². The first-order chi connectivity index (χ1) is 7.86. The zero-order valence-corrected chi connectivity index (χ0v) is 12.4. The molecule has 0 amide bonds. The van der Waals surface area contributed by atoms with Crippen molar-refractivity contribution in [3.63, 3.8) is 0 Å². The van der Waals surface area contributed by atoms with Crippen molar-refractivity contribution in [3.8, 4) is 5.75 Å². The van der Waals surface area contributed by atoms with Crippen LogP contribution >= 0.6 is 36.4 Å². The number of hydrogen-bond acceptors (Lipinski definition) is 3. The Morgan fingerprint density at radius 1 is 1.22 bits per heavy atom. The number of benzene rings is 1. The first-order valence-corrected chi connectivity index (χ1v) is 6.05. The van der Waals surface area contributed by atoms with Crippen molar-refractivity contribution in [2.75, 3.05) is 26.2 Å². The number of rotatable bonds is 4. The van der Waals surface area contributed by atoms with Crippen LogP contribution in [0, 0.1) is 0 Å². The lowest BCUT2D eigenvalue weighted by Gasteiger charge is -2.24. The van der Waals surface area contributed by atoms with Gasteiger partial charge in [-0.1, -0.05) is 23.7 Å². The molecule has 1 aliphatic rings. The van der Waals surface area contributed by atoms with Gasteiger partial charge in [0.2, 0.25) is 0 Å². The SMILES string of the molecule is Cl.Cl.Clc1ccccc1OCCC1CNCCN1. The summed E-state index contributed by atoms with van der Waals surface area (Å²) in [5, 5.41) is 7.47. The molecule has 0 saturated carbocycles. The summed E-state index contributed by atoms with van der Waals surface area (Å²) in [6.45, 7) is 3.81. The number of piperazine rings is 1. The predicted molar refractivity (Wildman–Crippen MR) is 80.7 cm³/mol. The van der Waals surface area contributed by atoms with E-state index < -0.39 is 0 Å². The fourth-order valence-corrected chi connectivity index (χ4v) is 1.98. The van der Waals surface area contributed by atoms with Crippen LogP contribution in [0.15, 0.2) is 24.3 Å². The molecule has 2 rings (SSSR count). The molecule has 1 aromatic carbocycles. The van der Waals surface area contributed by atoms with Crippen molar-refractivity contribution < 1.29 is 4.74 Å². The highest BCUT2D eigenvalue weighted by Crippen LogP contribution is 2.23. The molecule has 0 bridgehead atoms. The quantitative estimate of drug-likeness (QED) is 0.896. The van der Waals surface area contributed by atoms with Crippen LogP contribution in [-0.2, 0) is 0 Å². The smallest absolute Gasteiger partial charge is 0.137 e. The van der Waals surface area contributed by atoms with Crippen LogP contribution in [0.25, 0.3) is 0 Å². The summed E-state index contributed by atoms with van der Waals surface area (Å²) in [7, 11) is 0. The molecule has 0 aromatic heterocycles. The van der Waals surface area contributed by atoms with Crippen molar-refractivity contribution in [2.45, 2.75) is 12.5 Å². The Labute approximate surface area is 125 Å². The van der Waals surface area contributed by atoms with E-state index in [1.54, 1.807) is 0 Å². The highest BCUT2D eigenvalue weighted by atomic mass is 35.5. The van der Waals surface area contributed by atoms with Gasteiger partial charge in [-0.25, -0.2) is 0 Å². The van der Waals surface area contributed by atoms with Gasteiger partial charge in [-0.15, -0.1) is 24.8 Å². The molecule has 104 valence electrons. The summed E-state index contributed by atoms with van der Waals surface area (Å²) < 4.78 is 5.64. The Morgan fingerprint density at radius 2 is 2.00 bits per heavy atom. The van der Waals surface area contributed by atoms with Gasteiger partial charge in [0.15, 0.2) is 0 Å². The van der Waals surface area contributed by atoms with E-state index in [1.165, 1.54) is 0 Å². The molecule has 0 spiro atoms. The molecule has 3 nitrogen and oxygen atoms in total. The van der Waals surface area contributed by atoms with Crippen LogP contribution in [-0.4, -0.2) is 32.3 Å². The van der Waals surface area contributed by atoms with E-state index in [4.69, 9.17) is 16.3 Å². The van der Waals surface area contributed by atoms with Crippen molar-refractivity contribution in [2.24, 2.45) is 0 Å². The summed E-state index contributed by atoms with van der Waals surface area (Å²) in [6, 6.07) is 8.09. The molecule has 0 radical (unpaired) electrons. The minimum Gasteiger partial charge on any atom is -0.492 e. The van der Waals surface area contributed by atoms with Crippen LogP contribution in [0.5, 0.6) is 5.75 Å². The fraction of sp³-hybridized carbons (Fsp3) is 0.500. The third-order valence-electron chi connectivity index (χ3n) is 2.69. The first-order valence-electron chi connectivity index (χ1n) is 5.67. The topological polar surface area (TPSA) is 33.3 Å². The van der Waals surface area contributed by atoms with Crippen LogP contribution in [0.3, 0.4) is 0 Å². The lowest BCUT2D eigenvalue weighted by atomic mass is 10.2. The lowest BCUT2D eigenvalue weighted by molar-refractivity contribution is 0.274. The van der Waals surface area contributed by atoms with Crippen molar-refractivity contribution in [1.82, 2.24) is 10.6 Å². The van der Waals surface area contributed by atoms with Gasteiger partial charge in [0.05, 0.1) is 11.6 Å². The van der Waals surface area contributed by atoms with Gasteiger partial charge < -0.3 is 15.4 Å². The maximum Gasteiger partial charge on any atom is 0.137 e. The Bertz CT molecular complexity index is 333. The number of halogens is 3. The minimum atomic E-state index is 0. The Morgan fingerprint density at radius 3 is 2.67 bits per heavy atom. The van der Waals surface area contributed by atoms with E-state index in [1.807, 2.05) is 24.3 Å². The summed E-state index contributed by atoms with van der Waals surface area (Å²) in [6.07, 6.45) is 0.998. The van der Waals surface area contributed by atoms with Crippen molar-refractivity contribution in [3.05, 3.63) is 29.3 Å². The maximum atomic E-state index is 5.99. The third-order valence-corrected chi connectivity index (χ3v) is 3.00. The van der Waals surface area contributed by atoms with E-state index in [-0.39, 0.29) is 24.8 Å². The van der Waals surface area contributed by atoms with Gasteiger partial charge in [-0.3, -0.25) is 0 Å². The van der Waals surface area contributed by atoms with Crippen molar-refractivity contribution >= 4 is 36.4 Å². The molecule has 1 fully saturated rings. The highest BCUT2D eigenvalue weighted by Gasteiger charge is 2.11. The van der Waals surface area contributed by atoms with Gasteiger partial charge in [0.25, 0.3) is 0 Å². The second-order valence-electron chi connectivity index (χ2n) is 3.92. The molecule has 1 saturated heterocycles. The van der Waals surface area contributed by atoms with Gasteiger partial charge in [0, 0.05) is 25.7 Å². The molecule has 1 atom stereocenters. The molecule has 1 aliphatic heterocycles. The van der Waals surface area contributed by atoms with E-state index in [0.29, 0.717) is 17.7 Å². The summed E-state index contributed by atoms with van der Waals surface area (Å²) in [5.41, 5.74) is 0. The van der Waals surface area contributed by atoms with Crippen LogP contribution < -0.4 is 15.4 Å². The Kier molecular flexibility index (Phi) is 9.60. The lowest BCUT2D eigenvalue weighted by Crippen LogP contribution is -2.48. The number of hydrogen-bond donors (Lipinski definition) is 2. The Balaban J connectivity index is 0.00000144. The molecule has 1 unspecified atom stereocenters. The standard InChI is InChI=1S/C12H17ClN2O.2ClH/c13-11-3-1-2-4-12(11)16-8-5-10-9-14-6-7-15-10;;/h1-4,10,14-15H,5-9H2;2*1H. The minimum absolute atomic E-state index is 0. The highest BCUT2D eigenvalue weighted by molar-refractivity contribution is 6.32. The molecule has 0 aliphatic carbocycles. The van der Waals surface area contributed by atoms with Gasteiger partial charge in [0.1, 0.15) is 5.75 Å². The molecule has 18 heavy (non-hydrogen) atoms. The normalized spacial score (nSPS) is 18.4. The molecule has 1 aromatic rings. The fourth-order valence-electron chi connectivity index (χ4n) is 1.79. The first kappa shape index (κ1) is 17.8. The number of nitrogens with one attached hydrogen (secondary N) is 2. The zero-order chi connectivity index (χ0) is 11.2. The molecule has 6 heteroatoms. The van der Waals surface area contributed by atoms with Crippen LogP contribution in [0.2, 0.25) is 5.02 Å². The molecule has 2 N–H and O–H groups in total. The van der Waals surface area contributed by atoms with Crippen LogP contribution in [0.1, 0.15) is 6.42 Å². The Hall–Kier alpha value is -0.190. The van der Waals surface area contributed by atoms with E-state index >= 15 is 0 Å². The zero-order valence-electron chi connectivity index (χ0n) is 10.0. The molecule has 1 heterocycles. The molecular formula is C12H19Cl3N2O. The summed E-state index contributed by atoms with van der Waals surface area (Å²) >= 11 is 5.99. The van der Waals surface area contributed by atoms with Crippen LogP contribution in [0.4, 0.5) is 0 Å². The van der Waals surface area contributed by atoms with E-state index in [2.05, 4.69) is 10.6 Å². The predicted octanol–water partition coefficient (Wildman–Crippen LogP) is 2.51. The summed E-state index contributed by atoms with van der Waals surface area (Å²) in [4.78, 5) is 0. The average Bonchev–Trinajstić information content (AvgIpc) is 2.33. The number of para-hydroxylation sites is 1. The molecular weight excluding hydrogens is 295 g/mol. The summed E-state index contributed by atoms with van der Waals surface area (Å²) in [5.74, 6) is 0.771.